The van der Waals surface area contributed by atoms with E-state index in [9.17, 15) is 4.79 Å². The number of aryl methyl sites for hydroxylation is 2. The molecule has 6 heteroatoms. The second-order valence-corrected chi connectivity index (χ2v) is 7.59. The molecule has 2 aromatic rings. The summed E-state index contributed by atoms with van der Waals surface area (Å²) in [6, 6.07) is 5.76. The Morgan fingerprint density at radius 3 is 2.81 bits per heavy atom. The van der Waals surface area contributed by atoms with Crippen LogP contribution in [0.3, 0.4) is 0 Å². The van der Waals surface area contributed by atoms with Gasteiger partial charge in [0, 0.05) is 27.6 Å². The SMILES string of the molecule is CCCc1cc(=O)[nH]c(SC(c2ccc(C)s2)C(C)N)n1. The minimum atomic E-state index is -0.0956. The number of rotatable bonds is 6. The van der Waals surface area contributed by atoms with Crippen molar-refractivity contribution >= 4 is 23.1 Å². The van der Waals surface area contributed by atoms with Crippen LogP contribution >= 0.6 is 23.1 Å². The maximum Gasteiger partial charge on any atom is 0.251 e. The fraction of sp³-hybridized carbons (Fsp3) is 0.467. The summed E-state index contributed by atoms with van der Waals surface area (Å²) in [4.78, 5) is 21.6. The van der Waals surface area contributed by atoms with Crippen molar-refractivity contribution in [3.63, 3.8) is 0 Å². The Bertz CT molecular complexity index is 648. The summed E-state index contributed by atoms with van der Waals surface area (Å²) in [5, 5.41) is 0.753. The molecule has 2 unspecified atom stereocenters. The molecule has 0 bridgehead atoms. The first kappa shape index (κ1) is 16.3. The van der Waals surface area contributed by atoms with Crippen molar-refractivity contribution in [3.05, 3.63) is 44.0 Å². The van der Waals surface area contributed by atoms with E-state index < -0.39 is 0 Å². The molecule has 114 valence electrons. The molecule has 0 radical (unpaired) electrons. The monoisotopic (exact) mass is 323 g/mol. The van der Waals surface area contributed by atoms with Gasteiger partial charge in [-0.2, -0.15) is 0 Å². The maximum absolute atomic E-state index is 11.7. The first-order valence-corrected chi connectivity index (χ1v) is 8.78. The predicted octanol–water partition coefficient (Wildman–Crippen LogP) is 3.27. The number of nitrogens with zero attached hydrogens (tertiary/aromatic N) is 1. The number of aromatic nitrogens is 2. The number of H-pyrrole nitrogens is 1. The molecule has 0 aromatic carbocycles. The van der Waals surface area contributed by atoms with E-state index in [1.165, 1.54) is 21.5 Å². The van der Waals surface area contributed by atoms with Crippen LogP contribution in [0, 0.1) is 6.92 Å². The molecule has 0 fully saturated rings. The highest BCUT2D eigenvalue weighted by Gasteiger charge is 2.21. The molecule has 0 amide bonds. The van der Waals surface area contributed by atoms with E-state index >= 15 is 0 Å². The summed E-state index contributed by atoms with van der Waals surface area (Å²) >= 11 is 3.28. The lowest BCUT2D eigenvalue weighted by molar-refractivity contribution is 0.723. The maximum atomic E-state index is 11.7. The Kier molecular flexibility index (Phi) is 5.61. The molecule has 0 aliphatic carbocycles. The van der Waals surface area contributed by atoms with Gasteiger partial charge in [0.05, 0.1) is 5.25 Å². The third-order valence-corrected chi connectivity index (χ3v) is 5.62. The molecule has 21 heavy (non-hydrogen) atoms. The average Bonchev–Trinajstić information content (AvgIpc) is 2.82. The molecule has 3 N–H and O–H groups in total. The summed E-state index contributed by atoms with van der Waals surface area (Å²) in [7, 11) is 0. The van der Waals surface area contributed by atoms with E-state index in [1.807, 2.05) is 6.92 Å². The van der Waals surface area contributed by atoms with E-state index in [-0.39, 0.29) is 16.9 Å². The van der Waals surface area contributed by atoms with Crippen molar-refractivity contribution in [3.8, 4) is 0 Å². The van der Waals surface area contributed by atoms with Gasteiger partial charge in [0.25, 0.3) is 5.56 Å². The fourth-order valence-electron chi connectivity index (χ4n) is 2.07. The van der Waals surface area contributed by atoms with Crippen LogP contribution in [0.1, 0.15) is 41.0 Å². The summed E-state index contributed by atoms with van der Waals surface area (Å²) in [6.07, 6.45) is 1.79. The van der Waals surface area contributed by atoms with E-state index in [2.05, 4.69) is 35.9 Å². The molecule has 4 nitrogen and oxygen atoms in total. The zero-order valence-corrected chi connectivity index (χ0v) is 14.2. The molecule has 2 rings (SSSR count). The number of aromatic amines is 1. The molecule has 2 atom stereocenters. The van der Waals surface area contributed by atoms with Crippen LogP contribution in [-0.4, -0.2) is 16.0 Å². The van der Waals surface area contributed by atoms with E-state index in [0.29, 0.717) is 5.16 Å². The van der Waals surface area contributed by atoms with Gasteiger partial charge in [-0.3, -0.25) is 4.79 Å². The molecule has 0 saturated heterocycles. The minimum Gasteiger partial charge on any atom is -0.327 e. The number of hydrogen-bond donors (Lipinski definition) is 2. The zero-order chi connectivity index (χ0) is 15.4. The Morgan fingerprint density at radius 1 is 1.48 bits per heavy atom. The largest absolute Gasteiger partial charge is 0.327 e. The third-order valence-electron chi connectivity index (χ3n) is 3.04. The minimum absolute atomic E-state index is 0.0202. The normalized spacial score (nSPS) is 14.1. The van der Waals surface area contributed by atoms with Gasteiger partial charge >= 0.3 is 0 Å². The van der Waals surface area contributed by atoms with Gasteiger partial charge < -0.3 is 10.7 Å². The Balaban J connectivity index is 2.27. The summed E-state index contributed by atoms with van der Waals surface area (Å²) in [6.45, 7) is 6.15. The lowest BCUT2D eigenvalue weighted by atomic mass is 10.2. The average molecular weight is 323 g/mol. The third kappa shape index (κ3) is 4.43. The standard InChI is InChI=1S/C15H21N3OS2/c1-4-5-11-8-13(19)18-15(17-11)21-14(10(3)16)12-7-6-9(2)20-12/h6-8,10,14H,4-5,16H2,1-3H3,(H,17,18,19). The number of thioether (sulfide) groups is 1. The first-order valence-electron chi connectivity index (χ1n) is 7.08. The summed E-state index contributed by atoms with van der Waals surface area (Å²) < 4.78 is 0. The van der Waals surface area contributed by atoms with Gasteiger partial charge in [0.15, 0.2) is 5.16 Å². The Hall–Kier alpha value is -1.11. The zero-order valence-electron chi connectivity index (χ0n) is 12.6. The molecule has 2 aromatic heterocycles. The van der Waals surface area contributed by atoms with E-state index in [1.54, 1.807) is 17.4 Å². The molecule has 2 heterocycles. The Labute approximate surface area is 133 Å². The molecule has 0 saturated carbocycles. The number of thiophene rings is 1. The van der Waals surface area contributed by atoms with Crippen LogP contribution in [0.4, 0.5) is 0 Å². The second-order valence-electron chi connectivity index (χ2n) is 5.14. The highest BCUT2D eigenvalue weighted by Crippen LogP contribution is 2.38. The van der Waals surface area contributed by atoms with Crippen LogP contribution in [0.5, 0.6) is 0 Å². The van der Waals surface area contributed by atoms with Crippen molar-refractivity contribution in [1.29, 1.82) is 0 Å². The molecule has 0 aliphatic heterocycles. The number of nitrogens with one attached hydrogen (secondary N) is 1. The first-order chi connectivity index (χ1) is 9.99. The lowest BCUT2D eigenvalue weighted by Crippen LogP contribution is -2.22. The highest BCUT2D eigenvalue weighted by molar-refractivity contribution is 7.99. The van der Waals surface area contributed by atoms with Gasteiger partial charge in [-0.05, 0) is 32.4 Å². The topological polar surface area (TPSA) is 71.8 Å². The van der Waals surface area contributed by atoms with Crippen molar-refractivity contribution in [2.75, 3.05) is 0 Å². The van der Waals surface area contributed by atoms with E-state index in [4.69, 9.17) is 5.73 Å². The summed E-state index contributed by atoms with van der Waals surface area (Å²) in [5.41, 5.74) is 6.87. The van der Waals surface area contributed by atoms with Crippen LogP contribution in [0.15, 0.2) is 28.2 Å². The molecular weight excluding hydrogens is 302 g/mol. The molecular formula is C15H21N3OS2. The number of nitrogens with two attached hydrogens (primary N) is 1. The van der Waals surface area contributed by atoms with Crippen LogP contribution in [0.25, 0.3) is 0 Å². The lowest BCUT2D eigenvalue weighted by Gasteiger charge is -2.18. The molecule has 0 spiro atoms. The van der Waals surface area contributed by atoms with Crippen LogP contribution in [-0.2, 0) is 6.42 Å². The fourth-order valence-corrected chi connectivity index (χ4v) is 4.32. The van der Waals surface area contributed by atoms with Crippen LogP contribution in [0.2, 0.25) is 0 Å². The quantitative estimate of drug-likeness (QED) is 0.632. The number of hydrogen-bond acceptors (Lipinski definition) is 5. The van der Waals surface area contributed by atoms with Gasteiger partial charge in [-0.15, -0.1) is 11.3 Å². The van der Waals surface area contributed by atoms with Crippen molar-refractivity contribution < 1.29 is 0 Å². The van der Waals surface area contributed by atoms with Crippen molar-refractivity contribution in [1.82, 2.24) is 9.97 Å². The van der Waals surface area contributed by atoms with Gasteiger partial charge in [0.1, 0.15) is 0 Å². The highest BCUT2D eigenvalue weighted by atomic mass is 32.2. The van der Waals surface area contributed by atoms with Gasteiger partial charge in [-0.1, -0.05) is 25.1 Å². The van der Waals surface area contributed by atoms with Crippen LogP contribution < -0.4 is 11.3 Å². The van der Waals surface area contributed by atoms with Gasteiger partial charge in [-0.25, -0.2) is 4.98 Å². The predicted molar refractivity (Wildman–Crippen MR) is 90.2 cm³/mol. The second kappa shape index (κ2) is 7.24. The van der Waals surface area contributed by atoms with Crippen molar-refractivity contribution in [2.45, 2.75) is 50.1 Å². The molecule has 0 aliphatic rings. The Morgan fingerprint density at radius 2 is 2.24 bits per heavy atom. The van der Waals surface area contributed by atoms with E-state index in [0.717, 1.165) is 18.5 Å². The van der Waals surface area contributed by atoms with Crippen molar-refractivity contribution in [2.24, 2.45) is 5.73 Å². The van der Waals surface area contributed by atoms with Gasteiger partial charge in [0.2, 0.25) is 0 Å². The summed E-state index contributed by atoms with van der Waals surface area (Å²) in [5.74, 6) is 0. The smallest absolute Gasteiger partial charge is 0.251 e.